The molecule has 1 N–H and O–H groups in total. The Bertz CT molecular complexity index is 9510. The van der Waals surface area contributed by atoms with Gasteiger partial charge in [0.15, 0.2) is 11.2 Å². The minimum absolute atomic E-state index is 0.635. The average molecular weight is 1860 g/mol. The van der Waals surface area contributed by atoms with Crippen molar-refractivity contribution in [3.8, 4) is 89.9 Å². The van der Waals surface area contributed by atoms with Crippen LogP contribution >= 0.6 is 0 Å². The Balaban J connectivity index is 0.000000112. The van der Waals surface area contributed by atoms with Gasteiger partial charge < -0.3 is 32.9 Å². The van der Waals surface area contributed by atoms with Gasteiger partial charge in [-0.2, -0.15) is 0 Å². The maximum atomic E-state index is 6.50. The molecule has 4 heterocycles. The van der Waals surface area contributed by atoms with E-state index in [0.717, 1.165) is 194 Å². The number of aromatic amines is 1. The second-order valence-electron chi connectivity index (χ2n) is 36.5. The molecule has 0 bridgehead atoms. The van der Waals surface area contributed by atoms with Crippen molar-refractivity contribution in [3.05, 3.63) is 534 Å². The Morgan fingerprint density at radius 3 is 0.931 bits per heavy atom. The molecule has 28 rings (SSSR count). The van der Waals surface area contributed by atoms with E-state index >= 15 is 0 Å². The molecule has 28 aromatic rings. The summed E-state index contributed by atoms with van der Waals surface area (Å²) in [6.45, 7) is 0. The lowest BCUT2D eigenvalue weighted by molar-refractivity contribution is 0.623. The first-order valence-corrected chi connectivity index (χ1v) is 49.0. The standard InChI is InChI=1S/C51H34N2O.C45H29N3O.C39H26N2O/c1-4-10-35(11-5-1)37-20-27-44(28-21-37)53(45-29-22-38(23-30-45)36-12-6-2-7-13-36)46-31-24-39(25-32-46)43-19-17-40-16-18-41-26-33-48-50(49(41)47(40)34-43)54-51(52-48)42-14-8-3-9-15-42;1-3-10-29(11-4-1)30-18-22-33(23-19-30)48(34-24-26-37-36-14-7-8-17-41(36)49-42(37)28-34)40-16-9-15-38-35(40)25-20-31-21-27-39-44(43(31)38)47-45(46-39)32-12-5-2-6-13-32;1-4-10-30(11-5-1)39-40-36-25-22-29-18-16-28-17-19-31(26-35(28)37(29)38(36)42-39)27-20-23-34(24-21-27)41(32-12-6-2-7-13-32)33-14-8-3-9-15-33/h1-34H;1-28H,(H,46,47);1-26H. The Hall–Kier alpha value is -19.6. The molecule has 0 amide bonds. The third-order valence-corrected chi connectivity index (χ3v) is 27.8. The predicted molar refractivity (Wildman–Crippen MR) is 604 cm³/mol. The Kier molecular flexibility index (Phi) is 22.1. The van der Waals surface area contributed by atoms with Gasteiger partial charge in [0.05, 0.1) is 16.7 Å². The quantitative estimate of drug-likeness (QED) is 0.0893. The molecule has 0 fully saturated rings. The second-order valence-corrected chi connectivity index (χ2v) is 36.5. The van der Waals surface area contributed by atoms with Crippen LogP contribution in [0.15, 0.2) is 547 Å². The summed E-state index contributed by atoms with van der Waals surface area (Å²) < 4.78 is 19.3. The monoisotopic (exact) mass is 1860 g/mol. The van der Waals surface area contributed by atoms with Crippen LogP contribution in [-0.4, -0.2) is 19.9 Å². The summed E-state index contributed by atoms with van der Waals surface area (Å²) in [7, 11) is 0. The molecular weight excluding hydrogens is 1770 g/mol. The lowest BCUT2D eigenvalue weighted by atomic mass is 9.96. The highest BCUT2D eigenvalue weighted by Gasteiger charge is 2.25. The summed E-state index contributed by atoms with van der Waals surface area (Å²) in [6, 6.07) is 188. The van der Waals surface area contributed by atoms with Gasteiger partial charge in [0, 0.05) is 101 Å². The van der Waals surface area contributed by atoms with Crippen LogP contribution in [0.2, 0.25) is 0 Å². The number of imidazole rings is 1. The van der Waals surface area contributed by atoms with E-state index in [1.54, 1.807) is 0 Å². The molecule has 0 unspecified atom stereocenters. The predicted octanol–water partition coefficient (Wildman–Crippen LogP) is 37.8. The van der Waals surface area contributed by atoms with Gasteiger partial charge in [-0.1, -0.05) is 364 Å². The van der Waals surface area contributed by atoms with Crippen LogP contribution in [0.5, 0.6) is 0 Å². The van der Waals surface area contributed by atoms with E-state index in [1.165, 1.54) is 54.9 Å². The van der Waals surface area contributed by atoms with Crippen LogP contribution in [0.3, 0.4) is 0 Å². The molecule has 0 aliphatic carbocycles. The third-order valence-electron chi connectivity index (χ3n) is 27.8. The average Bonchev–Trinajstić information content (AvgIpc) is 1.70. The first-order valence-electron chi connectivity index (χ1n) is 49.0. The lowest BCUT2D eigenvalue weighted by Gasteiger charge is -2.27. The number of anilines is 9. The van der Waals surface area contributed by atoms with Gasteiger partial charge in [-0.3, -0.25) is 0 Å². The maximum absolute atomic E-state index is 6.50. The zero-order valence-electron chi connectivity index (χ0n) is 78.7. The topological polar surface area (TPSA) is 104 Å². The van der Waals surface area contributed by atoms with E-state index in [0.29, 0.717) is 11.8 Å². The zero-order chi connectivity index (χ0) is 96.0. The molecule has 0 spiro atoms. The number of furan rings is 1. The highest BCUT2D eigenvalue weighted by atomic mass is 16.4. The van der Waals surface area contributed by atoms with Crippen LogP contribution in [0.1, 0.15) is 0 Å². The van der Waals surface area contributed by atoms with E-state index in [4.69, 9.17) is 28.2 Å². The van der Waals surface area contributed by atoms with Gasteiger partial charge in [-0.05, 0) is 263 Å². The largest absolute Gasteiger partial charge is 0.456 e. The SMILES string of the molecule is c1ccc(-c2ccc(N(c3ccc(-c4ccccc4)cc3)c3ccc(-c4ccc5ccc6ccc7nc(-c8ccccc8)oc7c6c5c4)cc3)cc2)cc1.c1ccc(-c2ccc(N(c3ccc4c(c3)oc3ccccc34)c3cccc4c3ccc3ccc5nc(-c6ccccc6)[nH]c5c34)cc2)cc1.c1ccc(-c2nc3ccc4ccc5ccc(-c6ccc(N(c7ccccc7)c7ccccc7)cc6)cc5c4c3o2)cc1. The number of rotatable bonds is 17. The third kappa shape index (κ3) is 16.5. The number of fused-ring (bicyclic) bond motifs is 18. The number of nitrogens with zero attached hydrogens (tertiary/aromatic N) is 6. The van der Waals surface area contributed by atoms with Gasteiger partial charge in [0.25, 0.3) is 0 Å². The molecule has 0 aliphatic rings. The van der Waals surface area contributed by atoms with E-state index in [2.05, 4.69) is 444 Å². The molecule has 0 aliphatic heterocycles. The Labute approximate surface area is 836 Å². The van der Waals surface area contributed by atoms with Crippen LogP contribution in [0, 0.1) is 0 Å². The molecule has 682 valence electrons. The van der Waals surface area contributed by atoms with Crippen molar-refractivity contribution >= 4 is 171 Å². The second kappa shape index (κ2) is 37.3. The number of benzene rings is 24. The first kappa shape index (κ1) is 85.8. The normalized spacial score (nSPS) is 11.4. The molecule has 0 saturated carbocycles. The fourth-order valence-electron chi connectivity index (χ4n) is 20.6. The molecule has 0 saturated heterocycles. The first-order chi connectivity index (χ1) is 71.8. The number of H-pyrrole nitrogens is 1. The fraction of sp³-hybridized carbons (Fsp3) is 0. The molecule has 0 atom stereocenters. The van der Waals surface area contributed by atoms with Crippen molar-refractivity contribution in [2.75, 3.05) is 14.7 Å². The van der Waals surface area contributed by atoms with E-state index in [1.807, 2.05) is 109 Å². The van der Waals surface area contributed by atoms with Crippen molar-refractivity contribution in [2.24, 2.45) is 0 Å². The van der Waals surface area contributed by atoms with E-state index in [-0.39, 0.29) is 0 Å². The molecule has 24 aromatic carbocycles. The van der Waals surface area contributed by atoms with Crippen LogP contribution in [-0.2, 0) is 0 Å². The summed E-state index contributed by atoms with van der Waals surface area (Å²) in [5, 5.41) is 16.0. The van der Waals surface area contributed by atoms with Crippen LogP contribution < -0.4 is 14.7 Å². The highest BCUT2D eigenvalue weighted by molar-refractivity contribution is 6.23. The van der Waals surface area contributed by atoms with E-state index < -0.39 is 0 Å². The summed E-state index contributed by atoms with van der Waals surface area (Å²) >= 11 is 0. The molecule has 145 heavy (non-hydrogen) atoms. The van der Waals surface area contributed by atoms with Crippen LogP contribution in [0.25, 0.3) is 210 Å². The Morgan fingerprint density at radius 2 is 0.483 bits per heavy atom. The van der Waals surface area contributed by atoms with Crippen LogP contribution in [0.4, 0.5) is 51.2 Å². The summed E-state index contributed by atoms with van der Waals surface area (Å²) in [5.74, 6) is 2.15. The molecule has 0 radical (unpaired) electrons. The van der Waals surface area contributed by atoms with Crippen molar-refractivity contribution in [1.82, 2.24) is 19.9 Å². The Morgan fingerprint density at radius 1 is 0.172 bits per heavy atom. The minimum atomic E-state index is 0.635. The maximum Gasteiger partial charge on any atom is 0.227 e. The number of nitrogens with one attached hydrogen (secondary N) is 1. The van der Waals surface area contributed by atoms with Gasteiger partial charge >= 0.3 is 0 Å². The number of hydrogen-bond acceptors (Lipinski definition) is 9. The summed E-state index contributed by atoms with van der Waals surface area (Å²) in [6.07, 6.45) is 0. The van der Waals surface area contributed by atoms with E-state index in [9.17, 15) is 0 Å². The number of para-hydroxylation sites is 3. The number of oxazole rings is 2. The van der Waals surface area contributed by atoms with Gasteiger partial charge in [0.2, 0.25) is 11.8 Å². The van der Waals surface area contributed by atoms with Crippen molar-refractivity contribution in [2.45, 2.75) is 0 Å². The van der Waals surface area contributed by atoms with Gasteiger partial charge in [-0.25, -0.2) is 15.0 Å². The molecular formula is C135H89N7O3. The zero-order valence-corrected chi connectivity index (χ0v) is 78.7. The van der Waals surface area contributed by atoms with Gasteiger partial charge in [-0.15, -0.1) is 0 Å². The van der Waals surface area contributed by atoms with Crippen molar-refractivity contribution < 1.29 is 13.3 Å². The molecule has 10 nitrogen and oxygen atoms in total. The number of aromatic nitrogens is 4. The van der Waals surface area contributed by atoms with Gasteiger partial charge in [0.1, 0.15) is 28.0 Å². The number of hydrogen-bond donors (Lipinski definition) is 1. The minimum Gasteiger partial charge on any atom is -0.456 e. The summed E-state index contributed by atoms with van der Waals surface area (Å²) in [5.41, 5.74) is 31.7. The van der Waals surface area contributed by atoms with Crippen molar-refractivity contribution in [1.29, 1.82) is 0 Å². The summed E-state index contributed by atoms with van der Waals surface area (Å²) in [4.78, 5) is 25.3. The van der Waals surface area contributed by atoms with Crippen molar-refractivity contribution in [3.63, 3.8) is 0 Å². The molecule has 10 heteroatoms. The lowest BCUT2D eigenvalue weighted by Crippen LogP contribution is -2.10. The smallest absolute Gasteiger partial charge is 0.227 e. The highest BCUT2D eigenvalue weighted by Crippen LogP contribution is 2.48. The fourth-order valence-corrected chi connectivity index (χ4v) is 20.6. The molecule has 4 aromatic heterocycles.